The molecule has 0 spiro atoms. The summed E-state index contributed by atoms with van der Waals surface area (Å²) >= 11 is 0. The summed E-state index contributed by atoms with van der Waals surface area (Å²) in [5.74, 6) is -0.0927. The standard InChI is InChI=1S/C23H45NO3/c1-3-4-5-6-7-8-9-10-11-12-13-14-15-16-17-18-23(25)27-22-21-26-20-19-24-2/h10-11,24H,3-9,12-22H2,1-2H3/b11-10-. The first-order valence-electron chi connectivity index (χ1n) is 11.3. The Morgan fingerprint density at radius 3 is 2.00 bits per heavy atom. The third kappa shape index (κ3) is 23.1. The monoisotopic (exact) mass is 383 g/mol. The summed E-state index contributed by atoms with van der Waals surface area (Å²) in [7, 11) is 1.89. The van der Waals surface area contributed by atoms with Crippen molar-refractivity contribution in [1.82, 2.24) is 5.32 Å². The van der Waals surface area contributed by atoms with Gasteiger partial charge in [-0.1, -0.05) is 70.4 Å². The van der Waals surface area contributed by atoms with Crippen LogP contribution < -0.4 is 5.32 Å². The lowest BCUT2D eigenvalue weighted by Crippen LogP contribution is -2.17. The summed E-state index contributed by atoms with van der Waals surface area (Å²) in [6.07, 6.45) is 21.7. The number of ether oxygens (including phenoxy) is 2. The zero-order valence-electron chi connectivity index (χ0n) is 18.1. The summed E-state index contributed by atoms with van der Waals surface area (Å²) in [6, 6.07) is 0. The number of hydrogen-bond acceptors (Lipinski definition) is 4. The van der Waals surface area contributed by atoms with Crippen LogP contribution in [0.5, 0.6) is 0 Å². The lowest BCUT2D eigenvalue weighted by molar-refractivity contribution is -0.145. The molecule has 0 aliphatic carbocycles. The molecule has 0 unspecified atom stereocenters. The number of nitrogens with one attached hydrogen (secondary N) is 1. The van der Waals surface area contributed by atoms with E-state index >= 15 is 0 Å². The molecule has 4 nitrogen and oxygen atoms in total. The van der Waals surface area contributed by atoms with Crippen molar-refractivity contribution in [3.05, 3.63) is 12.2 Å². The molecule has 0 fully saturated rings. The number of likely N-dealkylation sites (N-methyl/N-ethyl adjacent to an activating group) is 1. The Hall–Kier alpha value is -0.870. The van der Waals surface area contributed by atoms with Crippen LogP contribution in [0.25, 0.3) is 0 Å². The topological polar surface area (TPSA) is 47.6 Å². The van der Waals surface area contributed by atoms with Crippen LogP contribution in [0.4, 0.5) is 0 Å². The maximum absolute atomic E-state index is 11.6. The van der Waals surface area contributed by atoms with Crippen molar-refractivity contribution in [3.8, 4) is 0 Å². The van der Waals surface area contributed by atoms with Crippen LogP contribution in [0.3, 0.4) is 0 Å². The van der Waals surface area contributed by atoms with E-state index in [1.54, 1.807) is 0 Å². The first-order chi connectivity index (χ1) is 13.3. The van der Waals surface area contributed by atoms with Crippen LogP contribution in [0.1, 0.15) is 96.8 Å². The second-order valence-electron chi connectivity index (χ2n) is 7.27. The van der Waals surface area contributed by atoms with Gasteiger partial charge in [-0.2, -0.15) is 0 Å². The molecular weight excluding hydrogens is 338 g/mol. The molecule has 4 heteroatoms. The van der Waals surface area contributed by atoms with Gasteiger partial charge in [0.1, 0.15) is 6.61 Å². The van der Waals surface area contributed by atoms with Crippen LogP contribution in [0.2, 0.25) is 0 Å². The predicted octanol–water partition coefficient (Wildman–Crippen LogP) is 5.80. The van der Waals surface area contributed by atoms with E-state index in [0.717, 1.165) is 19.4 Å². The first kappa shape index (κ1) is 26.1. The summed E-state index contributed by atoms with van der Waals surface area (Å²) < 4.78 is 10.5. The number of hydrogen-bond donors (Lipinski definition) is 1. The van der Waals surface area contributed by atoms with Gasteiger partial charge in [-0.05, 0) is 39.2 Å². The summed E-state index contributed by atoms with van der Waals surface area (Å²) in [6.45, 7) is 4.60. The molecule has 0 radical (unpaired) electrons. The third-order valence-corrected chi connectivity index (χ3v) is 4.63. The van der Waals surface area contributed by atoms with Gasteiger partial charge in [0.2, 0.25) is 0 Å². The highest BCUT2D eigenvalue weighted by atomic mass is 16.6. The van der Waals surface area contributed by atoms with Crippen molar-refractivity contribution < 1.29 is 14.3 Å². The predicted molar refractivity (Wildman–Crippen MR) is 115 cm³/mol. The molecule has 160 valence electrons. The van der Waals surface area contributed by atoms with Crippen LogP contribution in [-0.2, 0) is 14.3 Å². The fraction of sp³-hybridized carbons (Fsp3) is 0.870. The van der Waals surface area contributed by atoms with Crippen molar-refractivity contribution in [3.63, 3.8) is 0 Å². The highest BCUT2D eigenvalue weighted by molar-refractivity contribution is 5.69. The molecular formula is C23H45NO3. The molecule has 0 aromatic heterocycles. The van der Waals surface area contributed by atoms with Crippen LogP contribution in [0, 0.1) is 0 Å². The lowest BCUT2D eigenvalue weighted by atomic mass is 10.1. The fourth-order valence-corrected chi connectivity index (χ4v) is 2.90. The zero-order chi connectivity index (χ0) is 19.8. The minimum atomic E-state index is -0.0927. The van der Waals surface area contributed by atoms with E-state index < -0.39 is 0 Å². The van der Waals surface area contributed by atoms with E-state index in [9.17, 15) is 4.79 Å². The van der Waals surface area contributed by atoms with E-state index in [2.05, 4.69) is 24.4 Å². The largest absolute Gasteiger partial charge is 0.463 e. The molecule has 0 aliphatic heterocycles. The van der Waals surface area contributed by atoms with Crippen molar-refractivity contribution >= 4 is 5.97 Å². The number of rotatable bonds is 21. The quantitative estimate of drug-likeness (QED) is 0.154. The van der Waals surface area contributed by atoms with Crippen molar-refractivity contribution in [2.45, 2.75) is 96.8 Å². The maximum Gasteiger partial charge on any atom is 0.305 e. The number of carbonyl (C=O) groups is 1. The second kappa shape index (κ2) is 23.2. The molecule has 0 saturated heterocycles. The molecule has 1 N–H and O–H groups in total. The normalized spacial score (nSPS) is 11.3. The van der Waals surface area contributed by atoms with Gasteiger partial charge in [-0.15, -0.1) is 0 Å². The molecule has 0 aromatic rings. The Morgan fingerprint density at radius 1 is 0.778 bits per heavy atom. The van der Waals surface area contributed by atoms with Gasteiger partial charge in [-0.25, -0.2) is 0 Å². The average Bonchev–Trinajstić information content (AvgIpc) is 2.67. The molecule has 0 heterocycles. The molecule has 0 bridgehead atoms. The Bertz CT molecular complexity index is 332. The molecule has 0 aromatic carbocycles. The average molecular weight is 384 g/mol. The Kier molecular flexibility index (Phi) is 22.4. The van der Waals surface area contributed by atoms with E-state index in [1.807, 2.05) is 7.05 Å². The van der Waals surface area contributed by atoms with Gasteiger partial charge in [0.15, 0.2) is 0 Å². The third-order valence-electron chi connectivity index (χ3n) is 4.63. The van der Waals surface area contributed by atoms with Crippen molar-refractivity contribution in [2.75, 3.05) is 33.4 Å². The number of esters is 1. The second-order valence-corrected chi connectivity index (χ2v) is 7.27. The van der Waals surface area contributed by atoms with E-state index in [4.69, 9.17) is 9.47 Å². The number of allylic oxidation sites excluding steroid dienone is 2. The SMILES string of the molecule is CCCCCCCC/C=C\CCCCCCCC(=O)OCCOCCNC. The van der Waals surface area contributed by atoms with E-state index in [-0.39, 0.29) is 5.97 Å². The van der Waals surface area contributed by atoms with Crippen molar-refractivity contribution in [1.29, 1.82) is 0 Å². The van der Waals surface area contributed by atoms with Gasteiger partial charge in [0.05, 0.1) is 13.2 Å². The van der Waals surface area contributed by atoms with Crippen molar-refractivity contribution in [2.24, 2.45) is 0 Å². The first-order valence-corrected chi connectivity index (χ1v) is 11.3. The van der Waals surface area contributed by atoms with Gasteiger partial charge < -0.3 is 14.8 Å². The van der Waals surface area contributed by atoms with E-state index in [1.165, 1.54) is 70.6 Å². The van der Waals surface area contributed by atoms with Gasteiger partial charge >= 0.3 is 5.97 Å². The lowest BCUT2D eigenvalue weighted by Gasteiger charge is -2.06. The summed E-state index contributed by atoms with van der Waals surface area (Å²) in [4.78, 5) is 11.6. The van der Waals surface area contributed by atoms with E-state index in [0.29, 0.717) is 26.2 Å². The number of carbonyl (C=O) groups excluding carboxylic acids is 1. The Labute approximate surface area is 168 Å². The Morgan fingerprint density at radius 2 is 1.37 bits per heavy atom. The molecule has 0 rings (SSSR count). The number of unbranched alkanes of at least 4 members (excludes halogenated alkanes) is 11. The molecule has 0 saturated carbocycles. The minimum Gasteiger partial charge on any atom is -0.463 e. The minimum absolute atomic E-state index is 0.0927. The highest BCUT2D eigenvalue weighted by Crippen LogP contribution is 2.10. The molecule has 27 heavy (non-hydrogen) atoms. The molecule has 0 aliphatic rings. The highest BCUT2D eigenvalue weighted by Gasteiger charge is 2.02. The van der Waals surface area contributed by atoms with Gasteiger partial charge in [0.25, 0.3) is 0 Å². The van der Waals surface area contributed by atoms with Gasteiger partial charge in [-0.3, -0.25) is 4.79 Å². The van der Waals surface area contributed by atoms with Gasteiger partial charge in [0, 0.05) is 13.0 Å². The smallest absolute Gasteiger partial charge is 0.305 e. The zero-order valence-corrected chi connectivity index (χ0v) is 18.1. The summed E-state index contributed by atoms with van der Waals surface area (Å²) in [5, 5.41) is 3.00. The van der Waals surface area contributed by atoms with Crippen LogP contribution in [-0.4, -0.2) is 39.4 Å². The van der Waals surface area contributed by atoms with Crippen LogP contribution in [0.15, 0.2) is 12.2 Å². The summed E-state index contributed by atoms with van der Waals surface area (Å²) in [5.41, 5.74) is 0. The molecule has 0 amide bonds. The van der Waals surface area contributed by atoms with Crippen LogP contribution >= 0.6 is 0 Å². The Balaban J connectivity index is 3.19. The fourth-order valence-electron chi connectivity index (χ4n) is 2.90. The maximum atomic E-state index is 11.6. The molecule has 0 atom stereocenters.